The van der Waals surface area contributed by atoms with Crippen LogP contribution in [-0.4, -0.2) is 72.2 Å². The number of ether oxygens (including phenoxy) is 5. The first-order valence-electron chi connectivity index (χ1n) is 13.4. The molecular formula is C31H32N4O6. The van der Waals surface area contributed by atoms with Gasteiger partial charge in [0.05, 0.1) is 57.2 Å². The predicted octanol–water partition coefficient (Wildman–Crippen LogP) is 4.77. The Morgan fingerprint density at radius 1 is 0.976 bits per heavy atom. The highest BCUT2D eigenvalue weighted by atomic mass is 16.5. The van der Waals surface area contributed by atoms with Crippen molar-refractivity contribution < 1.29 is 28.5 Å². The predicted molar refractivity (Wildman–Crippen MR) is 152 cm³/mol. The molecule has 0 bridgehead atoms. The van der Waals surface area contributed by atoms with E-state index in [-0.39, 0.29) is 12.5 Å². The molecule has 4 aromatic rings. The van der Waals surface area contributed by atoms with Gasteiger partial charge in [-0.1, -0.05) is 6.07 Å². The number of benzene rings is 2. The van der Waals surface area contributed by atoms with Crippen LogP contribution in [0.1, 0.15) is 29.9 Å². The minimum atomic E-state index is -0.488. The van der Waals surface area contributed by atoms with E-state index in [0.717, 1.165) is 22.5 Å². The Morgan fingerprint density at radius 3 is 2.41 bits per heavy atom. The summed E-state index contributed by atoms with van der Waals surface area (Å²) in [6.07, 6.45) is 1.74. The maximum absolute atomic E-state index is 14.1. The zero-order valence-electron chi connectivity index (χ0n) is 23.8. The summed E-state index contributed by atoms with van der Waals surface area (Å²) in [4.78, 5) is 20.5. The average Bonchev–Trinajstić information content (AvgIpc) is 3.40. The van der Waals surface area contributed by atoms with Crippen molar-refractivity contribution >= 4 is 5.91 Å². The number of amides is 1. The molecular weight excluding hydrogens is 524 g/mol. The lowest BCUT2D eigenvalue weighted by Gasteiger charge is -2.41. The number of hydrogen-bond donors (Lipinski definition) is 0. The van der Waals surface area contributed by atoms with Gasteiger partial charge in [-0.25, -0.2) is 4.68 Å². The SMILES string of the molecule is COc1cc(OC)cc(-n2nc(C(=O)N3CCOCC3(C)C)c3c2-c2cc(-c4ccccn4)c(OC)cc2OC3)c1. The third-order valence-electron chi connectivity index (χ3n) is 7.53. The van der Waals surface area contributed by atoms with E-state index in [1.165, 1.54) is 0 Å². The zero-order chi connectivity index (χ0) is 28.7. The van der Waals surface area contributed by atoms with E-state index < -0.39 is 5.54 Å². The Hall–Kier alpha value is -4.57. The lowest BCUT2D eigenvalue weighted by Crippen LogP contribution is -2.55. The summed E-state index contributed by atoms with van der Waals surface area (Å²) in [5, 5.41) is 4.94. The maximum Gasteiger partial charge on any atom is 0.275 e. The molecule has 0 aliphatic carbocycles. The molecule has 2 aromatic carbocycles. The van der Waals surface area contributed by atoms with Crippen molar-refractivity contribution in [2.75, 3.05) is 41.1 Å². The minimum absolute atomic E-state index is 0.168. The topological polar surface area (TPSA) is 97.2 Å². The minimum Gasteiger partial charge on any atom is -0.497 e. The van der Waals surface area contributed by atoms with Crippen molar-refractivity contribution in [3.63, 3.8) is 0 Å². The first-order valence-corrected chi connectivity index (χ1v) is 13.4. The molecule has 4 heterocycles. The number of hydrogen-bond acceptors (Lipinski definition) is 8. The fourth-order valence-electron chi connectivity index (χ4n) is 5.41. The second-order valence-electron chi connectivity index (χ2n) is 10.5. The van der Waals surface area contributed by atoms with Crippen LogP contribution in [0.4, 0.5) is 0 Å². The highest BCUT2D eigenvalue weighted by Gasteiger charge is 2.39. The highest BCUT2D eigenvalue weighted by Crippen LogP contribution is 2.46. The van der Waals surface area contributed by atoms with E-state index in [9.17, 15) is 4.79 Å². The quantitative estimate of drug-likeness (QED) is 0.335. The van der Waals surface area contributed by atoms with Crippen molar-refractivity contribution in [1.82, 2.24) is 19.7 Å². The third-order valence-corrected chi connectivity index (χ3v) is 7.53. The van der Waals surface area contributed by atoms with Gasteiger partial charge in [-0.15, -0.1) is 0 Å². The molecule has 10 nitrogen and oxygen atoms in total. The lowest BCUT2D eigenvalue weighted by atomic mass is 9.96. The summed E-state index contributed by atoms with van der Waals surface area (Å²) >= 11 is 0. The van der Waals surface area contributed by atoms with Crippen molar-refractivity contribution in [2.45, 2.75) is 26.0 Å². The molecule has 0 saturated carbocycles. The Labute approximate surface area is 238 Å². The molecule has 0 atom stereocenters. The number of methoxy groups -OCH3 is 3. The monoisotopic (exact) mass is 556 g/mol. The first kappa shape index (κ1) is 26.6. The van der Waals surface area contributed by atoms with Crippen molar-refractivity contribution in [1.29, 1.82) is 0 Å². The molecule has 212 valence electrons. The molecule has 0 radical (unpaired) electrons. The van der Waals surface area contributed by atoms with E-state index in [0.29, 0.717) is 59.7 Å². The molecule has 6 rings (SSSR count). The normalized spacial score (nSPS) is 15.4. The van der Waals surface area contributed by atoms with Crippen LogP contribution in [0, 0.1) is 0 Å². The van der Waals surface area contributed by atoms with Gasteiger partial charge in [0, 0.05) is 53.7 Å². The molecule has 1 fully saturated rings. The van der Waals surface area contributed by atoms with Gasteiger partial charge in [0.1, 0.15) is 29.6 Å². The maximum atomic E-state index is 14.1. The fraction of sp³-hybridized carbons (Fsp3) is 0.323. The number of nitrogens with zero attached hydrogens (tertiary/aromatic N) is 4. The van der Waals surface area contributed by atoms with Gasteiger partial charge in [0.15, 0.2) is 5.69 Å². The van der Waals surface area contributed by atoms with Crippen molar-refractivity contribution in [3.8, 4) is 51.2 Å². The van der Waals surface area contributed by atoms with Gasteiger partial charge in [0.2, 0.25) is 0 Å². The second-order valence-corrected chi connectivity index (χ2v) is 10.5. The summed E-state index contributed by atoms with van der Waals surface area (Å²) in [6, 6.07) is 15.1. The third kappa shape index (κ3) is 4.63. The van der Waals surface area contributed by atoms with Gasteiger partial charge in [-0.2, -0.15) is 5.10 Å². The Bertz CT molecular complexity index is 1590. The molecule has 2 aliphatic heterocycles. The summed E-state index contributed by atoms with van der Waals surface area (Å²) in [6.45, 7) is 5.55. The van der Waals surface area contributed by atoms with E-state index in [4.69, 9.17) is 28.8 Å². The molecule has 2 aromatic heterocycles. The first-order chi connectivity index (χ1) is 19.8. The van der Waals surface area contributed by atoms with E-state index in [1.807, 2.05) is 61.2 Å². The molecule has 1 amide bonds. The molecule has 0 unspecified atom stereocenters. The van der Waals surface area contributed by atoms with E-state index in [1.54, 1.807) is 38.3 Å². The molecule has 1 saturated heterocycles. The number of morpholine rings is 1. The van der Waals surface area contributed by atoms with Crippen LogP contribution in [0.15, 0.2) is 54.7 Å². The van der Waals surface area contributed by atoms with E-state index in [2.05, 4.69) is 4.98 Å². The van der Waals surface area contributed by atoms with Crippen molar-refractivity contribution in [2.24, 2.45) is 0 Å². The van der Waals surface area contributed by atoms with Gasteiger partial charge in [0.25, 0.3) is 5.91 Å². The van der Waals surface area contributed by atoms with Crippen molar-refractivity contribution in [3.05, 3.63) is 66.0 Å². The van der Waals surface area contributed by atoms with Crippen LogP contribution in [0.5, 0.6) is 23.0 Å². The summed E-state index contributed by atoms with van der Waals surface area (Å²) in [5.74, 6) is 2.28. The molecule has 41 heavy (non-hydrogen) atoms. The molecule has 0 spiro atoms. The highest BCUT2D eigenvalue weighted by molar-refractivity contribution is 5.97. The molecule has 10 heteroatoms. The summed E-state index contributed by atoms with van der Waals surface area (Å²) in [5.41, 5.74) is 4.28. The van der Waals surface area contributed by atoms with Crippen LogP contribution in [-0.2, 0) is 11.3 Å². The average molecular weight is 557 g/mol. The number of pyridine rings is 1. The van der Waals surface area contributed by atoms with Crippen LogP contribution in [0.2, 0.25) is 0 Å². The number of fused-ring (bicyclic) bond motifs is 3. The van der Waals surface area contributed by atoms with Gasteiger partial charge in [-0.05, 0) is 32.0 Å². The number of carbonyl (C=O) groups excluding carboxylic acids is 1. The molecule has 0 N–H and O–H groups in total. The smallest absolute Gasteiger partial charge is 0.275 e. The van der Waals surface area contributed by atoms with Crippen LogP contribution in [0.25, 0.3) is 28.2 Å². The van der Waals surface area contributed by atoms with Crippen LogP contribution >= 0.6 is 0 Å². The Kier molecular flexibility index (Phi) is 6.78. The standard InChI is InChI=1S/C31H32N4O6/c1-31(2)18-40-11-10-34(31)30(36)28-24-17-41-27-16-26(39-5)22(25-8-6-7-9-32-25)15-23(27)29(24)35(33-28)19-12-20(37-3)14-21(13-19)38-4/h6-9,12-16H,10-11,17-18H2,1-5H3. The Balaban J connectivity index is 1.60. The largest absolute Gasteiger partial charge is 0.497 e. The zero-order valence-corrected chi connectivity index (χ0v) is 23.8. The second kappa shape index (κ2) is 10.4. The summed E-state index contributed by atoms with van der Waals surface area (Å²) < 4.78 is 30.5. The van der Waals surface area contributed by atoms with Gasteiger partial charge in [-0.3, -0.25) is 9.78 Å². The summed E-state index contributed by atoms with van der Waals surface area (Å²) in [7, 11) is 4.82. The van der Waals surface area contributed by atoms with Crippen LogP contribution < -0.4 is 18.9 Å². The number of rotatable bonds is 6. The Morgan fingerprint density at radius 2 is 1.76 bits per heavy atom. The van der Waals surface area contributed by atoms with Crippen LogP contribution in [0.3, 0.4) is 0 Å². The number of aromatic nitrogens is 3. The number of carbonyl (C=O) groups is 1. The van der Waals surface area contributed by atoms with E-state index >= 15 is 0 Å². The molecule has 2 aliphatic rings. The van der Waals surface area contributed by atoms with Gasteiger partial charge < -0.3 is 28.6 Å². The fourth-order valence-corrected chi connectivity index (χ4v) is 5.41. The van der Waals surface area contributed by atoms with Gasteiger partial charge >= 0.3 is 0 Å². The lowest BCUT2D eigenvalue weighted by molar-refractivity contribution is -0.0374.